The van der Waals surface area contributed by atoms with Crippen molar-refractivity contribution < 1.29 is 47.9 Å². The zero-order chi connectivity index (χ0) is 18.9. The van der Waals surface area contributed by atoms with Gasteiger partial charge in [-0.15, -0.1) is 0 Å². The normalized spacial score (nSPS) is 15.7. The molecule has 0 aliphatic rings. The molecular formula is C10H14F6O5S2. The van der Waals surface area contributed by atoms with Crippen LogP contribution in [0.2, 0.25) is 0 Å². The van der Waals surface area contributed by atoms with E-state index in [0.29, 0.717) is 6.26 Å². The van der Waals surface area contributed by atoms with Gasteiger partial charge in [0.1, 0.15) is 6.10 Å². The second-order valence-electron chi connectivity index (χ2n) is 4.73. The summed E-state index contributed by atoms with van der Waals surface area (Å²) in [7, 11) is -13.3. The second-order valence-corrected chi connectivity index (χ2v) is 9.27. The van der Waals surface area contributed by atoms with Crippen molar-refractivity contribution in [3.63, 3.8) is 0 Å². The van der Waals surface area contributed by atoms with E-state index in [9.17, 15) is 43.2 Å². The SMILES string of the molecule is C=COC(CC(S(=O)(=O)C(F)(F)F)S(=O)(=O)C(F)(F)F)C(C)C. The molecule has 0 fully saturated rings. The average Bonchev–Trinajstić information content (AvgIpc) is 2.30. The monoisotopic (exact) mass is 392 g/mol. The fraction of sp³-hybridized carbons (Fsp3) is 0.800. The lowest BCUT2D eigenvalue weighted by atomic mass is 10.1. The van der Waals surface area contributed by atoms with Crippen LogP contribution in [0.3, 0.4) is 0 Å². The number of hydrogen-bond donors (Lipinski definition) is 0. The summed E-state index contributed by atoms with van der Waals surface area (Å²) < 4.78 is 122. The largest absolute Gasteiger partial charge is 0.498 e. The van der Waals surface area contributed by atoms with Crippen molar-refractivity contribution in [2.45, 2.75) is 42.0 Å². The first kappa shape index (κ1) is 22.0. The van der Waals surface area contributed by atoms with Crippen LogP contribution in [0.5, 0.6) is 0 Å². The van der Waals surface area contributed by atoms with Crippen LogP contribution in [-0.4, -0.2) is 38.5 Å². The van der Waals surface area contributed by atoms with Gasteiger partial charge in [0.25, 0.3) is 19.7 Å². The second kappa shape index (κ2) is 6.87. The molecule has 0 aromatic rings. The summed E-state index contributed by atoms with van der Waals surface area (Å²) >= 11 is 0. The van der Waals surface area contributed by atoms with Gasteiger partial charge in [-0.1, -0.05) is 20.4 Å². The predicted octanol–water partition coefficient (Wildman–Crippen LogP) is 2.76. The Bertz CT molecular complexity index is 573. The lowest BCUT2D eigenvalue weighted by molar-refractivity contribution is -0.0479. The predicted molar refractivity (Wildman–Crippen MR) is 68.3 cm³/mol. The molecule has 138 valence electrons. The summed E-state index contributed by atoms with van der Waals surface area (Å²) in [5, 5.41) is 0. The van der Waals surface area contributed by atoms with Gasteiger partial charge in [-0.2, -0.15) is 26.3 Å². The molecule has 0 heterocycles. The maximum absolute atomic E-state index is 12.6. The highest BCUT2D eigenvalue weighted by Crippen LogP contribution is 2.39. The molecule has 0 rings (SSSR count). The number of halogens is 6. The van der Waals surface area contributed by atoms with E-state index in [4.69, 9.17) is 0 Å². The van der Waals surface area contributed by atoms with Crippen molar-refractivity contribution in [1.82, 2.24) is 0 Å². The Morgan fingerprint density at radius 1 is 0.957 bits per heavy atom. The summed E-state index contributed by atoms with van der Waals surface area (Å²) in [6.45, 7) is 5.64. The third-order valence-corrected chi connectivity index (χ3v) is 7.36. The van der Waals surface area contributed by atoms with Crippen LogP contribution >= 0.6 is 0 Å². The summed E-state index contributed by atoms with van der Waals surface area (Å²) in [6, 6.07) is 0. The van der Waals surface area contributed by atoms with E-state index in [1.54, 1.807) is 0 Å². The quantitative estimate of drug-likeness (QED) is 0.492. The highest BCUT2D eigenvalue weighted by Gasteiger charge is 2.63. The van der Waals surface area contributed by atoms with Gasteiger partial charge in [-0.25, -0.2) is 16.8 Å². The van der Waals surface area contributed by atoms with Crippen LogP contribution in [0, 0.1) is 5.92 Å². The molecule has 5 nitrogen and oxygen atoms in total. The molecule has 0 radical (unpaired) electrons. The first-order valence-electron chi connectivity index (χ1n) is 5.86. The zero-order valence-electron chi connectivity index (χ0n) is 11.8. The Kier molecular flexibility index (Phi) is 6.58. The minimum absolute atomic E-state index is 0.669. The highest BCUT2D eigenvalue weighted by molar-refractivity contribution is 8.09. The summed E-state index contributed by atoms with van der Waals surface area (Å²) in [5.41, 5.74) is -12.3. The van der Waals surface area contributed by atoms with E-state index >= 15 is 0 Å². The molecule has 0 aliphatic carbocycles. The highest BCUT2D eigenvalue weighted by atomic mass is 32.3. The zero-order valence-corrected chi connectivity index (χ0v) is 13.5. The van der Waals surface area contributed by atoms with Gasteiger partial charge in [-0.3, -0.25) is 0 Å². The molecule has 0 aliphatic heterocycles. The van der Waals surface area contributed by atoms with E-state index in [-0.39, 0.29) is 0 Å². The van der Waals surface area contributed by atoms with Crippen molar-refractivity contribution in [3.8, 4) is 0 Å². The van der Waals surface area contributed by atoms with E-state index in [1.807, 2.05) is 0 Å². The van der Waals surface area contributed by atoms with Crippen molar-refractivity contribution in [2.75, 3.05) is 0 Å². The topological polar surface area (TPSA) is 77.5 Å². The van der Waals surface area contributed by atoms with Gasteiger partial charge in [0.15, 0.2) is 4.58 Å². The number of hydrogen-bond acceptors (Lipinski definition) is 5. The van der Waals surface area contributed by atoms with Gasteiger partial charge in [-0.05, 0) is 5.92 Å². The van der Waals surface area contributed by atoms with E-state index < -0.39 is 53.7 Å². The summed E-state index contributed by atoms with van der Waals surface area (Å²) in [5.74, 6) is -0.776. The number of alkyl halides is 6. The van der Waals surface area contributed by atoms with Gasteiger partial charge in [0.05, 0.1) is 6.26 Å². The van der Waals surface area contributed by atoms with Crippen molar-refractivity contribution in [2.24, 2.45) is 5.92 Å². The lowest BCUT2D eigenvalue weighted by Gasteiger charge is -2.26. The number of sulfone groups is 2. The Hall–Kier alpha value is -0.980. The fourth-order valence-corrected chi connectivity index (χ4v) is 4.99. The maximum atomic E-state index is 12.6. The van der Waals surface area contributed by atoms with Crippen molar-refractivity contribution >= 4 is 19.7 Å². The van der Waals surface area contributed by atoms with Crippen LogP contribution in [0.15, 0.2) is 12.8 Å². The van der Waals surface area contributed by atoms with Gasteiger partial charge < -0.3 is 4.74 Å². The maximum Gasteiger partial charge on any atom is 0.498 e. The summed E-state index contributed by atoms with van der Waals surface area (Å²) in [4.78, 5) is 0. The van der Waals surface area contributed by atoms with E-state index in [1.165, 1.54) is 13.8 Å². The Balaban J connectivity index is 6.22. The molecule has 1 atom stereocenters. The molecule has 0 spiro atoms. The van der Waals surface area contributed by atoms with E-state index in [0.717, 1.165) is 0 Å². The minimum Gasteiger partial charge on any atom is -0.498 e. The Morgan fingerprint density at radius 2 is 1.30 bits per heavy atom. The van der Waals surface area contributed by atoms with Crippen molar-refractivity contribution in [3.05, 3.63) is 12.8 Å². The van der Waals surface area contributed by atoms with Gasteiger partial charge in [0, 0.05) is 6.42 Å². The fourth-order valence-electron chi connectivity index (χ4n) is 1.52. The Morgan fingerprint density at radius 3 is 1.52 bits per heavy atom. The molecule has 0 N–H and O–H groups in total. The molecule has 0 aromatic carbocycles. The molecule has 0 aromatic heterocycles. The van der Waals surface area contributed by atoms with Crippen LogP contribution < -0.4 is 0 Å². The summed E-state index contributed by atoms with van der Waals surface area (Å²) in [6.07, 6.45) is -2.41. The molecule has 0 saturated heterocycles. The molecule has 0 bridgehead atoms. The standard InChI is InChI=1S/C10H14F6O5S2/c1-4-21-7(6(2)3)5-8(22(17,18)9(11,12)13)23(19,20)10(14,15)16/h4,6-8H,1,5H2,2-3H3. The third-order valence-electron chi connectivity index (χ3n) is 2.78. The third kappa shape index (κ3) is 4.75. The smallest absolute Gasteiger partial charge is 0.498 e. The molecule has 0 saturated carbocycles. The molecule has 1 unspecified atom stereocenters. The number of ether oxygens (including phenoxy) is 1. The first-order chi connectivity index (χ1) is 10.00. The molecular weight excluding hydrogens is 378 g/mol. The molecule has 0 amide bonds. The van der Waals surface area contributed by atoms with Crippen LogP contribution in [0.1, 0.15) is 20.3 Å². The van der Waals surface area contributed by atoms with Crippen LogP contribution in [0.4, 0.5) is 26.3 Å². The Labute approximate surface area is 129 Å². The minimum atomic E-state index is -6.65. The van der Waals surface area contributed by atoms with Crippen LogP contribution in [0.25, 0.3) is 0 Å². The molecule has 23 heavy (non-hydrogen) atoms. The van der Waals surface area contributed by atoms with Crippen LogP contribution in [-0.2, 0) is 24.4 Å². The van der Waals surface area contributed by atoms with Gasteiger partial charge in [0.2, 0.25) is 0 Å². The number of rotatable bonds is 7. The average molecular weight is 392 g/mol. The first-order valence-corrected chi connectivity index (χ1v) is 8.96. The molecule has 13 heteroatoms. The van der Waals surface area contributed by atoms with Crippen molar-refractivity contribution in [1.29, 1.82) is 0 Å². The lowest BCUT2D eigenvalue weighted by Crippen LogP contribution is -2.47. The van der Waals surface area contributed by atoms with E-state index in [2.05, 4.69) is 11.3 Å². The van der Waals surface area contributed by atoms with Gasteiger partial charge >= 0.3 is 11.0 Å².